The number of carbonyl (C=O) groups is 2. The van der Waals surface area contributed by atoms with E-state index in [1.807, 2.05) is 30.3 Å². The average Bonchev–Trinajstić information content (AvgIpc) is 2.89. The molecule has 3 aromatic carbocycles. The van der Waals surface area contributed by atoms with Crippen molar-refractivity contribution in [1.82, 2.24) is 4.90 Å². The minimum absolute atomic E-state index is 0.0927. The number of Topliss-reactive ketones (excluding diaryl/α,β-unsaturated/α-hetero) is 1. The van der Waals surface area contributed by atoms with Crippen LogP contribution in [0.5, 0.6) is 17.2 Å². The predicted molar refractivity (Wildman–Crippen MR) is 128 cm³/mol. The van der Waals surface area contributed by atoms with Gasteiger partial charge in [-0.1, -0.05) is 30.3 Å². The molecule has 0 aromatic heterocycles. The molecule has 1 saturated heterocycles. The number of nitrogens with zero attached hydrogens (tertiary/aromatic N) is 1. The highest BCUT2D eigenvalue weighted by Gasteiger charge is 2.31. The number of carbonyl (C=O) groups excluding carboxylic acids is 2. The van der Waals surface area contributed by atoms with Crippen LogP contribution in [-0.2, 0) is 11.0 Å². The molecule has 1 amide bonds. The lowest BCUT2D eigenvalue weighted by Crippen LogP contribution is -2.45. The van der Waals surface area contributed by atoms with Crippen LogP contribution in [0.15, 0.2) is 78.9 Å². The van der Waals surface area contributed by atoms with Gasteiger partial charge in [0.2, 0.25) is 0 Å². The first-order valence-corrected chi connectivity index (χ1v) is 11.7. The highest BCUT2D eigenvalue weighted by atomic mass is 19.4. The highest BCUT2D eigenvalue weighted by molar-refractivity contribution is 5.98. The summed E-state index contributed by atoms with van der Waals surface area (Å²) in [6.07, 6.45) is -3.89. The summed E-state index contributed by atoms with van der Waals surface area (Å²) in [5, 5.41) is 0. The number of ether oxygens (including phenoxy) is 2. The van der Waals surface area contributed by atoms with Gasteiger partial charge in [0.15, 0.2) is 11.9 Å². The van der Waals surface area contributed by atoms with Crippen molar-refractivity contribution in [1.29, 1.82) is 0 Å². The van der Waals surface area contributed by atoms with E-state index in [9.17, 15) is 22.8 Å². The lowest BCUT2D eigenvalue weighted by molar-refractivity contribution is -0.139. The van der Waals surface area contributed by atoms with E-state index in [0.29, 0.717) is 43.0 Å². The lowest BCUT2D eigenvalue weighted by Gasteiger charge is -2.33. The van der Waals surface area contributed by atoms with E-state index in [1.165, 1.54) is 12.1 Å². The Morgan fingerprint density at radius 1 is 0.833 bits per heavy atom. The number of likely N-dealkylation sites (tertiary alicyclic amines) is 1. The van der Waals surface area contributed by atoms with Gasteiger partial charge in [0.1, 0.15) is 17.2 Å². The fourth-order valence-corrected chi connectivity index (χ4v) is 4.15. The Labute approximate surface area is 207 Å². The summed E-state index contributed by atoms with van der Waals surface area (Å²) < 4.78 is 49.4. The zero-order chi connectivity index (χ0) is 25.7. The molecule has 0 N–H and O–H groups in total. The maximum Gasteiger partial charge on any atom is 0.416 e. The molecule has 0 aliphatic carbocycles. The van der Waals surface area contributed by atoms with Gasteiger partial charge in [-0.15, -0.1) is 0 Å². The van der Waals surface area contributed by atoms with Crippen molar-refractivity contribution in [3.8, 4) is 17.2 Å². The van der Waals surface area contributed by atoms with Crippen molar-refractivity contribution >= 4 is 11.7 Å². The molecule has 8 heteroatoms. The molecule has 1 heterocycles. The lowest BCUT2D eigenvalue weighted by atomic mass is 9.89. The van der Waals surface area contributed by atoms with E-state index in [2.05, 4.69) is 0 Å². The van der Waals surface area contributed by atoms with Crippen LogP contribution < -0.4 is 9.47 Å². The van der Waals surface area contributed by atoms with Gasteiger partial charge < -0.3 is 14.4 Å². The van der Waals surface area contributed by atoms with E-state index in [-0.39, 0.29) is 23.4 Å². The number of benzene rings is 3. The molecule has 188 valence electrons. The van der Waals surface area contributed by atoms with E-state index < -0.39 is 17.8 Å². The standard InChI is InChI=1S/C28H26F3NO4/c1-19(27(34)32-17-15-21(16-18-32)26(33)20-5-3-2-4-6-20)35-23-11-13-25(14-12-23)36-24-9-7-22(8-10-24)28(29,30)31/h2-14,19,21H,15-18H2,1H3/t19-/m1/s1. The fourth-order valence-electron chi connectivity index (χ4n) is 4.15. The first kappa shape index (κ1) is 25.3. The summed E-state index contributed by atoms with van der Waals surface area (Å²) >= 11 is 0. The quantitative estimate of drug-likeness (QED) is 0.355. The maximum atomic E-state index is 12.9. The third-order valence-electron chi connectivity index (χ3n) is 6.14. The summed E-state index contributed by atoms with van der Waals surface area (Å²) in [6.45, 7) is 2.67. The number of amides is 1. The molecular formula is C28H26F3NO4. The van der Waals surface area contributed by atoms with Crippen LogP contribution in [0.25, 0.3) is 0 Å². The Balaban J connectivity index is 1.27. The number of piperidine rings is 1. The Bertz CT molecular complexity index is 1170. The van der Waals surface area contributed by atoms with Crippen molar-refractivity contribution in [2.24, 2.45) is 5.92 Å². The summed E-state index contributed by atoms with van der Waals surface area (Å²) in [5.74, 6) is 1.03. The number of hydrogen-bond donors (Lipinski definition) is 0. The molecular weight excluding hydrogens is 471 g/mol. The largest absolute Gasteiger partial charge is 0.481 e. The van der Waals surface area contributed by atoms with Gasteiger partial charge in [0.05, 0.1) is 5.56 Å². The fraction of sp³-hybridized carbons (Fsp3) is 0.286. The van der Waals surface area contributed by atoms with Gasteiger partial charge in [-0.25, -0.2) is 0 Å². The zero-order valence-electron chi connectivity index (χ0n) is 19.7. The van der Waals surface area contributed by atoms with Crippen LogP contribution in [0.1, 0.15) is 35.7 Å². The molecule has 36 heavy (non-hydrogen) atoms. The molecule has 0 bridgehead atoms. The molecule has 1 fully saturated rings. The van der Waals surface area contributed by atoms with Crippen LogP contribution in [0.4, 0.5) is 13.2 Å². The van der Waals surface area contributed by atoms with E-state index in [0.717, 1.165) is 12.1 Å². The Kier molecular flexibility index (Phi) is 7.62. The molecule has 3 aromatic rings. The van der Waals surface area contributed by atoms with Crippen LogP contribution in [0.3, 0.4) is 0 Å². The second-order valence-corrected chi connectivity index (χ2v) is 8.69. The molecule has 0 radical (unpaired) electrons. The number of rotatable bonds is 7. The number of alkyl halides is 3. The Morgan fingerprint density at radius 3 is 1.92 bits per heavy atom. The average molecular weight is 498 g/mol. The number of hydrogen-bond acceptors (Lipinski definition) is 4. The second kappa shape index (κ2) is 10.8. The van der Waals surface area contributed by atoms with Crippen molar-refractivity contribution < 1.29 is 32.2 Å². The SMILES string of the molecule is C[C@@H](Oc1ccc(Oc2ccc(C(F)(F)F)cc2)cc1)C(=O)N1CCC(C(=O)c2ccccc2)CC1. The van der Waals surface area contributed by atoms with Gasteiger partial charge >= 0.3 is 6.18 Å². The normalized spacial score (nSPS) is 15.3. The smallest absolute Gasteiger partial charge is 0.416 e. The third kappa shape index (κ3) is 6.24. The van der Waals surface area contributed by atoms with Gasteiger partial charge in [0.25, 0.3) is 5.91 Å². The first-order valence-electron chi connectivity index (χ1n) is 11.7. The van der Waals surface area contributed by atoms with Crippen molar-refractivity contribution in [2.75, 3.05) is 13.1 Å². The molecule has 1 atom stereocenters. The minimum Gasteiger partial charge on any atom is -0.481 e. The van der Waals surface area contributed by atoms with Crippen molar-refractivity contribution in [3.05, 3.63) is 90.0 Å². The van der Waals surface area contributed by atoms with Gasteiger partial charge in [-0.2, -0.15) is 13.2 Å². The first-order chi connectivity index (χ1) is 17.2. The summed E-state index contributed by atoms with van der Waals surface area (Å²) in [5.41, 5.74) is -0.0472. The molecule has 5 nitrogen and oxygen atoms in total. The molecule has 1 aliphatic rings. The summed E-state index contributed by atoms with van der Waals surface area (Å²) in [6, 6.07) is 20.1. The van der Waals surface area contributed by atoms with E-state index in [1.54, 1.807) is 36.1 Å². The van der Waals surface area contributed by atoms with E-state index >= 15 is 0 Å². The van der Waals surface area contributed by atoms with Crippen LogP contribution in [-0.4, -0.2) is 35.8 Å². The predicted octanol–water partition coefficient (Wildman–Crippen LogP) is 6.39. The van der Waals surface area contributed by atoms with Gasteiger partial charge in [0, 0.05) is 24.6 Å². The Hall–Kier alpha value is -3.81. The maximum absolute atomic E-state index is 12.9. The topological polar surface area (TPSA) is 55.8 Å². The third-order valence-corrected chi connectivity index (χ3v) is 6.14. The highest BCUT2D eigenvalue weighted by Crippen LogP contribution is 2.32. The van der Waals surface area contributed by atoms with Gasteiger partial charge in [-0.05, 0) is 68.3 Å². The molecule has 0 spiro atoms. The zero-order valence-corrected chi connectivity index (χ0v) is 19.7. The molecule has 1 aliphatic heterocycles. The van der Waals surface area contributed by atoms with Crippen molar-refractivity contribution in [2.45, 2.75) is 32.0 Å². The molecule has 0 saturated carbocycles. The molecule has 0 unspecified atom stereocenters. The van der Waals surface area contributed by atoms with Crippen LogP contribution in [0, 0.1) is 5.92 Å². The van der Waals surface area contributed by atoms with Crippen molar-refractivity contribution in [3.63, 3.8) is 0 Å². The van der Waals surface area contributed by atoms with Crippen LogP contribution in [0.2, 0.25) is 0 Å². The minimum atomic E-state index is -4.40. The monoisotopic (exact) mass is 497 g/mol. The number of ketones is 1. The Morgan fingerprint density at radius 2 is 1.36 bits per heavy atom. The number of halogens is 3. The molecule has 4 rings (SSSR count). The van der Waals surface area contributed by atoms with Crippen LogP contribution >= 0.6 is 0 Å². The summed E-state index contributed by atoms with van der Waals surface area (Å²) in [7, 11) is 0. The van der Waals surface area contributed by atoms with E-state index in [4.69, 9.17) is 9.47 Å². The summed E-state index contributed by atoms with van der Waals surface area (Å²) in [4.78, 5) is 27.3. The second-order valence-electron chi connectivity index (χ2n) is 8.69. The van der Waals surface area contributed by atoms with Gasteiger partial charge in [-0.3, -0.25) is 9.59 Å².